The maximum Gasteiger partial charge on any atom is 0.119 e. The summed E-state index contributed by atoms with van der Waals surface area (Å²) in [5.41, 5.74) is 0.590. The summed E-state index contributed by atoms with van der Waals surface area (Å²) in [5, 5.41) is 17.8. The van der Waals surface area contributed by atoms with Crippen LogP contribution in [-0.4, -0.2) is 48.5 Å². The molecular weight excluding hydrogens is 247 g/mol. The highest BCUT2D eigenvalue weighted by atomic mass is 19.1. The Labute approximate surface area is 112 Å². The summed E-state index contributed by atoms with van der Waals surface area (Å²) >= 11 is 0. The molecule has 19 heavy (non-hydrogen) atoms. The van der Waals surface area contributed by atoms with Gasteiger partial charge in [-0.05, 0) is 30.7 Å². The molecule has 4 nitrogen and oxygen atoms in total. The van der Waals surface area contributed by atoms with E-state index in [1.807, 2.05) is 11.0 Å². The quantitative estimate of drug-likeness (QED) is 0.872. The van der Waals surface area contributed by atoms with Crippen molar-refractivity contribution in [1.82, 2.24) is 4.90 Å². The highest BCUT2D eigenvalue weighted by molar-refractivity contribution is 5.34. The smallest absolute Gasteiger partial charge is 0.119 e. The molecule has 0 amide bonds. The molecule has 1 N–H and O–H groups in total. The second-order valence-electron chi connectivity index (χ2n) is 4.65. The van der Waals surface area contributed by atoms with E-state index in [4.69, 9.17) is 15.1 Å². The van der Waals surface area contributed by atoms with Crippen LogP contribution in [0.2, 0.25) is 0 Å². The molecule has 5 heteroatoms. The van der Waals surface area contributed by atoms with Crippen LogP contribution in [0.1, 0.15) is 12.0 Å². The van der Waals surface area contributed by atoms with Crippen LogP contribution in [0.4, 0.5) is 4.39 Å². The van der Waals surface area contributed by atoms with Crippen molar-refractivity contribution in [3.63, 3.8) is 0 Å². The van der Waals surface area contributed by atoms with Crippen molar-refractivity contribution in [1.29, 1.82) is 5.26 Å². The molecule has 102 valence electrons. The van der Waals surface area contributed by atoms with Gasteiger partial charge < -0.3 is 9.84 Å². The molecule has 0 spiro atoms. The SMILES string of the molecule is N#Cc1ccc(OCCN2C[C@@H](F)C[C@H]2CO)cc1. The minimum Gasteiger partial charge on any atom is -0.492 e. The van der Waals surface area contributed by atoms with Crippen LogP contribution < -0.4 is 4.74 Å². The summed E-state index contributed by atoms with van der Waals surface area (Å²) in [6.07, 6.45) is -0.458. The number of benzene rings is 1. The number of hydrogen-bond acceptors (Lipinski definition) is 4. The molecule has 1 aliphatic heterocycles. The number of alkyl halides is 1. The Balaban J connectivity index is 1.78. The second kappa shape index (κ2) is 6.50. The summed E-state index contributed by atoms with van der Waals surface area (Å²) in [5.74, 6) is 0.690. The lowest BCUT2D eigenvalue weighted by atomic mass is 10.2. The molecule has 2 atom stereocenters. The fourth-order valence-corrected chi connectivity index (χ4v) is 2.29. The van der Waals surface area contributed by atoms with Crippen molar-refractivity contribution in [3.05, 3.63) is 29.8 Å². The third kappa shape index (κ3) is 3.66. The van der Waals surface area contributed by atoms with E-state index < -0.39 is 6.17 Å². The maximum atomic E-state index is 13.2. The Morgan fingerprint density at radius 1 is 1.42 bits per heavy atom. The van der Waals surface area contributed by atoms with Crippen molar-refractivity contribution in [2.24, 2.45) is 0 Å². The molecule has 0 radical (unpaired) electrons. The second-order valence-corrected chi connectivity index (χ2v) is 4.65. The van der Waals surface area contributed by atoms with Gasteiger partial charge in [-0.25, -0.2) is 4.39 Å². The number of rotatable bonds is 5. The Morgan fingerprint density at radius 2 is 2.16 bits per heavy atom. The van der Waals surface area contributed by atoms with Crippen LogP contribution in [0, 0.1) is 11.3 Å². The van der Waals surface area contributed by atoms with Crippen LogP contribution in [0.5, 0.6) is 5.75 Å². The van der Waals surface area contributed by atoms with Gasteiger partial charge in [0, 0.05) is 19.1 Å². The molecular formula is C14H17FN2O2. The van der Waals surface area contributed by atoms with Gasteiger partial charge in [0.05, 0.1) is 18.2 Å². The number of ether oxygens (including phenoxy) is 1. The number of hydrogen-bond donors (Lipinski definition) is 1. The molecule has 0 bridgehead atoms. The average Bonchev–Trinajstić information content (AvgIpc) is 2.80. The highest BCUT2D eigenvalue weighted by Gasteiger charge is 2.31. The van der Waals surface area contributed by atoms with E-state index in [0.29, 0.717) is 37.4 Å². The summed E-state index contributed by atoms with van der Waals surface area (Å²) in [4.78, 5) is 1.91. The first kappa shape index (κ1) is 13.8. The van der Waals surface area contributed by atoms with Crippen LogP contribution in [0.3, 0.4) is 0 Å². The molecule has 1 saturated heterocycles. The number of nitrogens with zero attached hydrogens (tertiary/aromatic N) is 2. The van der Waals surface area contributed by atoms with E-state index in [1.54, 1.807) is 24.3 Å². The minimum atomic E-state index is -0.855. The number of aliphatic hydroxyl groups excluding tert-OH is 1. The molecule has 0 aliphatic carbocycles. The van der Waals surface area contributed by atoms with Crippen LogP contribution in [-0.2, 0) is 0 Å². The van der Waals surface area contributed by atoms with E-state index in [1.165, 1.54) is 0 Å². The third-order valence-electron chi connectivity index (χ3n) is 3.32. The lowest BCUT2D eigenvalue weighted by molar-refractivity contribution is 0.138. The molecule has 1 aromatic carbocycles. The van der Waals surface area contributed by atoms with E-state index in [9.17, 15) is 4.39 Å². The number of nitriles is 1. The number of likely N-dealkylation sites (tertiary alicyclic amines) is 1. The van der Waals surface area contributed by atoms with Gasteiger partial charge in [0.2, 0.25) is 0 Å². The standard InChI is InChI=1S/C14H17FN2O2/c15-12-7-13(10-18)17(9-12)5-6-19-14-3-1-11(8-16)2-4-14/h1-4,12-13,18H,5-7,9-10H2/t12-,13-/m0/s1. The monoisotopic (exact) mass is 264 g/mol. The van der Waals surface area contributed by atoms with Crippen molar-refractivity contribution >= 4 is 0 Å². The third-order valence-corrected chi connectivity index (χ3v) is 3.32. The lowest BCUT2D eigenvalue weighted by Crippen LogP contribution is -2.35. The predicted octanol–water partition coefficient (Wildman–Crippen LogP) is 1.34. The van der Waals surface area contributed by atoms with Gasteiger partial charge in [0.1, 0.15) is 18.5 Å². The largest absolute Gasteiger partial charge is 0.492 e. The molecule has 0 unspecified atom stereocenters. The lowest BCUT2D eigenvalue weighted by Gasteiger charge is -2.21. The molecule has 1 fully saturated rings. The highest BCUT2D eigenvalue weighted by Crippen LogP contribution is 2.19. The summed E-state index contributed by atoms with van der Waals surface area (Å²) < 4.78 is 18.8. The van der Waals surface area contributed by atoms with Crippen molar-refractivity contribution in [2.45, 2.75) is 18.6 Å². The molecule has 0 saturated carbocycles. The van der Waals surface area contributed by atoms with Gasteiger partial charge in [-0.2, -0.15) is 5.26 Å². The topological polar surface area (TPSA) is 56.5 Å². The average molecular weight is 264 g/mol. The first-order valence-electron chi connectivity index (χ1n) is 6.35. The van der Waals surface area contributed by atoms with Gasteiger partial charge in [0.25, 0.3) is 0 Å². The summed E-state index contributed by atoms with van der Waals surface area (Å²) in [6, 6.07) is 8.81. The molecule has 1 aliphatic rings. The van der Waals surface area contributed by atoms with E-state index >= 15 is 0 Å². The van der Waals surface area contributed by atoms with Gasteiger partial charge >= 0.3 is 0 Å². The minimum absolute atomic E-state index is 0.0166. The van der Waals surface area contributed by atoms with E-state index in [-0.39, 0.29) is 12.6 Å². The van der Waals surface area contributed by atoms with Crippen molar-refractivity contribution < 1.29 is 14.2 Å². The zero-order valence-electron chi connectivity index (χ0n) is 10.6. The van der Waals surface area contributed by atoms with Gasteiger partial charge in [0.15, 0.2) is 0 Å². The summed E-state index contributed by atoms with van der Waals surface area (Å²) in [6.45, 7) is 1.38. The molecule has 1 heterocycles. The Hall–Kier alpha value is -1.64. The van der Waals surface area contributed by atoms with Gasteiger partial charge in [-0.3, -0.25) is 4.90 Å². The zero-order valence-corrected chi connectivity index (χ0v) is 10.6. The van der Waals surface area contributed by atoms with Crippen LogP contribution >= 0.6 is 0 Å². The Kier molecular flexibility index (Phi) is 4.72. The Bertz CT molecular complexity index is 444. The zero-order chi connectivity index (χ0) is 13.7. The maximum absolute atomic E-state index is 13.2. The molecule has 1 aromatic rings. The van der Waals surface area contributed by atoms with Crippen molar-refractivity contribution in [3.8, 4) is 11.8 Å². The Morgan fingerprint density at radius 3 is 2.79 bits per heavy atom. The van der Waals surface area contributed by atoms with Crippen LogP contribution in [0.15, 0.2) is 24.3 Å². The number of halogens is 1. The fraction of sp³-hybridized carbons (Fsp3) is 0.500. The van der Waals surface area contributed by atoms with Crippen molar-refractivity contribution in [2.75, 3.05) is 26.3 Å². The summed E-state index contributed by atoms with van der Waals surface area (Å²) in [7, 11) is 0. The predicted molar refractivity (Wildman–Crippen MR) is 68.6 cm³/mol. The van der Waals surface area contributed by atoms with E-state index in [2.05, 4.69) is 0 Å². The molecule has 2 rings (SSSR count). The van der Waals surface area contributed by atoms with Gasteiger partial charge in [-0.1, -0.05) is 0 Å². The van der Waals surface area contributed by atoms with E-state index in [0.717, 1.165) is 0 Å². The van der Waals surface area contributed by atoms with Gasteiger partial charge in [-0.15, -0.1) is 0 Å². The first-order valence-corrected chi connectivity index (χ1v) is 6.35. The van der Waals surface area contributed by atoms with Crippen LogP contribution in [0.25, 0.3) is 0 Å². The normalized spacial score (nSPS) is 23.2. The number of aliphatic hydroxyl groups is 1. The molecule has 0 aromatic heterocycles. The fourth-order valence-electron chi connectivity index (χ4n) is 2.29. The first-order chi connectivity index (χ1) is 9.22.